The molecule has 1 amide bonds. The van der Waals surface area contributed by atoms with Crippen molar-refractivity contribution >= 4 is 40.6 Å². The molecule has 0 heterocycles. The lowest BCUT2D eigenvalue weighted by atomic mass is 10.00. The van der Waals surface area contributed by atoms with Crippen LogP contribution in [0.2, 0.25) is 5.02 Å². The van der Waals surface area contributed by atoms with Crippen molar-refractivity contribution in [1.29, 1.82) is 0 Å². The highest BCUT2D eigenvalue weighted by atomic mass is 35.5. The van der Waals surface area contributed by atoms with Gasteiger partial charge in [0.1, 0.15) is 11.8 Å². The summed E-state index contributed by atoms with van der Waals surface area (Å²) in [5.74, 6) is -0.119. The van der Waals surface area contributed by atoms with Gasteiger partial charge in [0.25, 0.3) is 0 Å². The van der Waals surface area contributed by atoms with Gasteiger partial charge in [0.05, 0.1) is 13.7 Å². The molecule has 43 heavy (non-hydrogen) atoms. The van der Waals surface area contributed by atoms with Crippen LogP contribution in [-0.2, 0) is 20.7 Å². The third-order valence-corrected chi connectivity index (χ3v) is 7.01. The predicted molar refractivity (Wildman–Crippen MR) is 170 cm³/mol. The highest BCUT2D eigenvalue weighted by molar-refractivity contribution is 6.30. The van der Waals surface area contributed by atoms with Gasteiger partial charge in [-0.05, 0) is 66.6 Å². The van der Waals surface area contributed by atoms with Gasteiger partial charge in [-0.3, -0.25) is 9.59 Å². The van der Waals surface area contributed by atoms with E-state index in [1.54, 1.807) is 59.5 Å². The van der Waals surface area contributed by atoms with Gasteiger partial charge in [0.2, 0.25) is 5.91 Å². The number of rotatable bonds is 14. The van der Waals surface area contributed by atoms with E-state index in [4.69, 9.17) is 21.1 Å². The number of carbonyl (C=O) groups is 3. The number of carbonyl (C=O) groups excluding carboxylic acids is 3. The van der Waals surface area contributed by atoms with Crippen molar-refractivity contribution in [3.63, 3.8) is 0 Å². The van der Waals surface area contributed by atoms with Gasteiger partial charge < -0.3 is 19.7 Å². The van der Waals surface area contributed by atoms with Crippen molar-refractivity contribution in [2.75, 3.05) is 30.5 Å². The van der Waals surface area contributed by atoms with Crippen LogP contribution in [0.3, 0.4) is 0 Å². The number of esters is 1. The molecule has 1 atom stereocenters. The standard InChI is InChI=1S/C35H33ClN2O5/c1-3-33(39)38(28-18-16-27(36)17-19-28)22-9-23-43-29-20-14-25(15-21-29)24-32(35(41)42-2)37-31-13-8-7-12-30(31)34(40)26-10-5-4-6-11-26/h3-8,10-21,32,37H,1,9,22-24H2,2H3. The van der Waals surface area contributed by atoms with E-state index in [0.717, 1.165) is 11.3 Å². The van der Waals surface area contributed by atoms with E-state index in [1.165, 1.54) is 13.2 Å². The van der Waals surface area contributed by atoms with Crippen molar-refractivity contribution in [3.8, 4) is 5.75 Å². The number of methoxy groups -OCH3 is 1. The molecule has 1 N–H and O–H groups in total. The minimum atomic E-state index is -0.720. The van der Waals surface area contributed by atoms with Crippen molar-refractivity contribution in [2.45, 2.75) is 18.9 Å². The smallest absolute Gasteiger partial charge is 0.328 e. The Kier molecular flexibility index (Phi) is 11.1. The van der Waals surface area contributed by atoms with Crippen molar-refractivity contribution in [2.24, 2.45) is 0 Å². The van der Waals surface area contributed by atoms with Crippen LogP contribution in [-0.4, -0.2) is 44.0 Å². The summed E-state index contributed by atoms with van der Waals surface area (Å²) >= 11 is 5.98. The highest BCUT2D eigenvalue weighted by Gasteiger charge is 2.22. The van der Waals surface area contributed by atoms with E-state index < -0.39 is 12.0 Å². The molecule has 0 fully saturated rings. The van der Waals surface area contributed by atoms with Crippen LogP contribution in [0.15, 0.2) is 116 Å². The maximum absolute atomic E-state index is 13.2. The molecule has 0 aromatic heterocycles. The number of hydrogen-bond acceptors (Lipinski definition) is 6. The van der Waals surface area contributed by atoms with Crippen molar-refractivity contribution < 1.29 is 23.9 Å². The summed E-state index contributed by atoms with van der Waals surface area (Å²) in [5, 5.41) is 3.82. The van der Waals surface area contributed by atoms with Gasteiger partial charge in [0, 0.05) is 40.5 Å². The first-order valence-corrected chi connectivity index (χ1v) is 14.2. The van der Waals surface area contributed by atoms with E-state index >= 15 is 0 Å². The fraction of sp³-hybridized carbons (Fsp3) is 0.171. The van der Waals surface area contributed by atoms with Gasteiger partial charge in [-0.1, -0.05) is 72.8 Å². The Balaban J connectivity index is 1.36. The largest absolute Gasteiger partial charge is 0.494 e. The summed E-state index contributed by atoms with van der Waals surface area (Å²) < 4.78 is 11.0. The molecule has 0 spiro atoms. The van der Waals surface area contributed by atoms with E-state index in [9.17, 15) is 14.4 Å². The molecule has 0 saturated carbocycles. The number of anilines is 2. The maximum Gasteiger partial charge on any atom is 0.328 e. The quantitative estimate of drug-likeness (QED) is 0.0750. The van der Waals surface area contributed by atoms with E-state index in [1.807, 2.05) is 48.5 Å². The first-order valence-electron chi connectivity index (χ1n) is 13.8. The van der Waals surface area contributed by atoms with Crippen LogP contribution >= 0.6 is 11.6 Å². The van der Waals surface area contributed by atoms with Gasteiger partial charge >= 0.3 is 5.97 Å². The third-order valence-electron chi connectivity index (χ3n) is 6.76. The van der Waals surface area contributed by atoms with E-state index in [0.29, 0.717) is 53.6 Å². The summed E-state index contributed by atoms with van der Waals surface area (Å²) in [4.78, 5) is 39.9. The topological polar surface area (TPSA) is 84.9 Å². The molecule has 0 aliphatic carbocycles. The number of nitrogens with zero attached hydrogens (tertiary/aromatic N) is 1. The number of benzene rings is 4. The molecule has 4 aromatic carbocycles. The normalized spacial score (nSPS) is 11.2. The van der Waals surface area contributed by atoms with Crippen molar-refractivity contribution in [1.82, 2.24) is 0 Å². The zero-order valence-electron chi connectivity index (χ0n) is 23.9. The molecular formula is C35H33ClN2O5. The zero-order chi connectivity index (χ0) is 30.6. The average Bonchev–Trinajstić information content (AvgIpc) is 3.05. The lowest BCUT2D eigenvalue weighted by molar-refractivity contribution is -0.141. The monoisotopic (exact) mass is 596 g/mol. The zero-order valence-corrected chi connectivity index (χ0v) is 24.6. The second kappa shape index (κ2) is 15.4. The molecule has 0 bridgehead atoms. The third kappa shape index (κ3) is 8.56. The molecule has 220 valence electrons. The lowest BCUT2D eigenvalue weighted by Crippen LogP contribution is -2.33. The Morgan fingerprint density at radius 2 is 1.58 bits per heavy atom. The first-order chi connectivity index (χ1) is 20.9. The summed E-state index contributed by atoms with van der Waals surface area (Å²) in [7, 11) is 1.34. The van der Waals surface area contributed by atoms with Gasteiger partial charge in [-0.2, -0.15) is 0 Å². The van der Waals surface area contributed by atoms with E-state index in [2.05, 4.69) is 11.9 Å². The lowest BCUT2D eigenvalue weighted by Gasteiger charge is -2.21. The molecule has 0 saturated heterocycles. The summed E-state index contributed by atoms with van der Waals surface area (Å²) in [6.07, 6.45) is 2.21. The Morgan fingerprint density at radius 1 is 0.907 bits per heavy atom. The number of halogens is 1. The van der Waals surface area contributed by atoms with Crippen LogP contribution < -0.4 is 15.0 Å². The Hall–Kier alpha value is -4.88. The highest BCUT2D eigenvalue weighted by Crippen LogP contribution is 2.23. The minimum Gasteiger partial charge on any atom is -0.494 e. The number of nitrogens with one attached hydrogen (secondary N) is 1. The molecule has 0 radical (unpaired) electrons. The van der Waals surface area contributed by atoms with Crippen LogP contribution in [0.1, 0.15) is 27.9 Å². The average molecular weight is 597 g/mol. The Labute approximate surface area is 256 Å². The van der Waals surface area contributed by atoms with Crippen LogP contribution in [0, 0.1) is 0 Å². The van der Waals surface area contributed by atoms with Gasteiger partial charge in [0.15, 0.2) is 5.78 Å². The molecule has 0 aliphatic rings. The van der Waals surface area contributed by atoms with Crippen LogP contribution in [0.5, 0.6) is 5.75 Å². The Morgan fingerprint density at radius 3 is 2.26 bits per heavy atom. The molecule has 1 unspecified atom stereocenters. The van der Waals surface area contributed by atoms with E-state index in [-0.39, 0.29) is 11.7 Å². The fourth-order valence-corrected chi connectivity index (χ4v) is 4.67. The number of ketones is 1. The minimum absolute atomic E-state index is 0.140. The molecule has 8 heteroatoms. The van der Waals surface area contributed by atoms with Crippen LogP contribution in [0.25, 0.3) is 0 Å². The molecule has 0 aliphatic heterocycles. The Bertz CT molecular complexity index is 1540. The molecule has 7 nitrogen and oxygen atoms in total. The second-order valence-corrected chi connectivity index (χ2v) is 10.1. The summed E-state index contributed by atoms with van der Waals surface area (Å²) in [5.41, 5.74) is 3.20. The van der Waals surface area contributed by atoms with Gasteiger partial charge in [-0.15, -0.1) is 0 Å². The van der Waals surface area contributed by atoms with Gasteiger partial charge in [-0.25, -0.2) is 4.79 Å². The fourth-order valence-electron chi connectivity index (χ4n) is 4.54. The van der Waals surface area contributed by atoms with Crippen molar-refractivity contribution in [3.05, 3.63) is 137 Å². The molecular weight excluding hydrogens is 564 g/mol. The SMILES string of the molecule is C=CC(=O)N(CCCOc1ccc(CC(Nc2ccccc2C(=O)c2ccccc2)C(=O)OC)cc1)c1ccc(Cl)cc1. The maximum atomic E-state index is 13.2. The predicted octanol–water partition coefficient (Wildman–Crippen LogP) is 6.76. The first kappa shape index (κ1) is 31.1. The van der Waals surface area contributed by atoms with Crippen LogP contribution in [0.4, 0.5) is 11.4 Å². The second-order valence-electron chi connectivity index (χ2n) is 9.68. The number of amides is 1. The summed E-state index contributed by atoms with van der Waals surface area (Å²) in [6.45, 7) is 4.44. The molecule has 4 rings (SSSR count). The number of hydrogen-bond donors (Lipinski definition) is 1. The number of ether oxygens (including phenoxy) is 2. The molecule has 4 aromatic rings. The number of para-hydroxylation sites is 1. The summed E-state index contributed by atoms with van der Waals surface area (Å²) in [6, 6.07) is 29.9.